The summed E-state index contributed by atoms with van der Waals surface area (Å²) in [4.78, 5) is 8.31. The molecule has 0 bridgehead atoms. The van der Waals surface area contributed by atoms with Crippen LogP contribution in [0.2, 0.25) is 0 Å². The van der Waals surface area contributed by atoms with Gasteiger partial charge in [0.15, 0.2) is 0 Å². The molecule has 1 heterocycles. The third kappa shape index (κ3) is 5.07. The van der Waals surface area contributed by atoms with E-state index in [1.165, 1.54) is 0 Å². The molecule has 0 aliphatic carbocycles. The maximum absolute atomic E-state index is 6.04. The first-order valence-corrected chi connectivity index (χ1v) is 5.66. The predicted molar refractivity (Wildman–Crippen MR) is 67.3 cm³/mol. The molecule has 0 amide bonds. The average molecular weight is 222 g/mol. The van der Waals surface area contributed by atoms with E-state index >= 15 is 0 Å². The molecule has 0 spiro atoms. The van der Waals surface area contributed by atoms with Crippen LogP contribution in [0.4, 0.5) is 5.82 Å². The van der Waals surface area contributed by atoms with Gasteiger partial charge in [0, 0.05) is 18.8 Å². The van der Waals surface area contributed by atoms with E-state index in [0.717, 1.165) is 24.6 Å². The van der Waals surface area contributed by atoms with E-state index in [9.17, 15) is 0 Å². The van der Waals surface area contributed by atoms with Crippen molar-refractivity contribution in [2.75, 3.05) is 11.9 Å². The Hall–Kier alpha value is -1.16. The summed E-state index contributed by atoms with van der Waals surface area (Å²) >= 11 is 0. The first kappa shape index (κ1) is 12.9. The molecular formula is C12H22N4. The zero-order valence-electron chi connectivity index (χ0n) is 10.6. The zero-order valence-corrected chi connectivity index (χ0v) is 10.6. The molecule has 0 radical (unpaired) electrons. The summed E-state index contributed by atoms with van der Waals surface area (Å²) in [6.07, 6.45) is 2.74. The fourth-order valence-electron chi connectivity index (χ4n) is 1.65. The number of hydrogen-bond donors (Lipinski definition) is 2. The van der Waals surface area contributed by atoms with Gasteiger partial charge in [-0.05, 0) is 24.8 Å². The third-order valence-corrected chi connectivity index (χ3v) is 2.20. The summed E-state index contributed by atoms with van der Waals surface area (Å²) in [6, 6.07) is 2.01. The first-order chi connectivity index (χ1) is 7.37. The van der Waals surface area contributed by atoms with Gasteiger partial charge >= 0.3 is 0 Å². The van der Waals surface area contributed by atoms with Gasteiger partial charge in [0.05, 0.1) is 0 Å². The Bertz CT molecular complexity index is 330. The van der Waals surface area contributed by atoms with Crippen LogP contribution in [0.25, 0.3) is 0 Å². The molecule has 1 aromatic heterocycles. The number of aryl methyl sites for hydroxylation is 1. The highest BCUT2D eigenvalue weighted by atomic mass is 15.0. The summed E-state index contributed by atoms with van der Waals surface area (Å²) in [5.41, 5.74) is 6.31. The second kappa shape index (κ2) is 5.25. The Morgan fingerprint density at radius 2 is 2.12 bits per heavy atom. The van der Waals surface area contributed by atoms with Gasteiger partial charge in [-0.15, -0.1) is 0 Å². The summed E-state index contributed by atoms with van der Waals surface area (Å²) in [5.74, 6) is 1.62. The lowest BCUT2D eigenvalue weighted by atomic mass is 9.88. The van der Waals surface area contributed by atoms with Crippen molar-refractivity contribution < 1.29 is 0 Å². The lowest BCUT2D eigenvalue weighted by Gasteiger charge is -2.23. The minimum absolute atomic E-state index is 0.148. The number of rotatable bonds is 4. The van der Waals surface area contributed by atoms with Crippen LogP contribution in [0.1, 0.15) is 33.0 Å². The van der Waals surface area contributed by atoms with Gasteiger partial charge in [0.25, 0.3) is 0 Å². The highest BCUT2D eigenvalue weighted by molar-refractivity contribution is 5.32. The zero-order chi connectivity index (χ0) is 12.2. The number of nitrogens with zero attached hydrogens (tertiary/aromatic N) is 2. The molecule has 3 N–H and O–H groups in total. The molecular weight excluding hydrogens is 200 g/mol. The normalized spacial score (nSPS) is 13.6. The largest absolute Gasteiger partial charge is 0.368 e. The lowest BCUT2D eigenvalue weighted by Crippen LogP contribution is -2.33. The van der Waals surface area contributed by atoms with Crippen molar-refractivity contribution in [2.24, 2.45) is 11.1 Å². The van der Waals surface area contributed by atoms with Crippen LogP contribution in [0.3, 0.4) is 0 Å². The quantitative estimate of drug-likeness (QED) is 0.817. The van der Waals surface area contributed by atoms with Crippen molar-refractivity contribution in [3.05, 3.63) is 18.1 Å². The van der Waals surface area contributed by atoms with Crippen molar-refractivity contribution in [1.82, 2.24) is 9.97 Å². The van der Waals surface area contributed by atoms with E-state index in [0.29, 0.717) is 0 Å². The third-order valence-electron chi connectivity index (χ3n) is 2.20. The fourth-order valence-corrected chi connectivity index (χ4v) is 1.65. The molecule has 1 aromatic rings. The molecule has 0 saturated heterocycles. The lowest BCUT2D eigenvalue weighted by molar-refractivity contribution is 0.344. The van der Waals surface area contributed by atoms with E-state index < -0.39 is 0 Å². The van der Waals surface area contributed by atoms with Crippen LogP contribution in [0.15, 0.2) is 12.3 Å². The van der Waals surface area contributed by atoms with E-state index in [-0.39, 0.29) is 11.5 Å². The van der Waals surface area contributed by atoms with Crippen molar-refractivity contribution >= 4 is 5.82 Å². The summed E-state index contributed by atoms with van der Waals surface area (Å²) in [6.45, 7) is 9.21. The van der Waals surface area contributed by atoms with E-state index in [4.69, 9.17) is 5.73 Å². The standard InChI is InChI=1S/C12H22N4/c1-9-14-6-5-11(16-9)15-8-10(13)7-12(2,3)4/h5-6,10H,7-8,13H2,1-4H3,(H,14,15,16). The van der Waals surface area contributed by atoms with E-state index in [1.807, 2.05) is 13.0 Å². The molecule has 90 valence electrons. The van der Waals surface area contributed by atoms with Crippen LogP contribution in [0, 0.1) is 12.3 Å². The number of aromatic nitrogens is 2. The minimum Gasteiger partial charge on any atom is -0.368 e. The van der Waals surface area contributed by atoms with Gasteiger partial charge in [-0.1, -0.05) is 20.8 Å². The predicted octanol–water partition coefficient (Wildman–Crippen LogP) is 1.96. The molecule has 0 fully saturated rings. The molecule has 0 aromatic carbocycles. The molecule has 1 atom stereocenters. The molecule has 1 rings (SSSR count). The Labute approximate surface area is 97.7 Å². The molecule has 0 aliphatic rings. The van der Waals surface area contributed by atoms with Crippen LogP contribution in [-0.4, -0.2) is 22.6 Å². The molecule has 4 heteroatoms. The maximum Gasteiger partial charge on any atom is 0.129 e. The fraction of sp³-hybridized carbons (Fsp3) is 0.667. The Kier molecular flexibility index (Phi) is 4.24. The average Bonchev–Trinajstić information content (AvgIpc) is 2.12. The van der Waals surface area contributed by atoms with Crippen LogP contribution in [-0.2, 0) is 0 Å². The number of nitrogens with two attached hydrogens (primary N) is 1. The van der Waals surface area contributed by atoms with Gasteiger partial charge in [-0.3, -0.25) is 0 Å². The van der Waals surface area contributed by atoms with Crippen molar-refractivity contribution in [2.45, 2.75) is 40.2 Å². The van der Waals surface area contributed by atoms with Crippen LogP contribution < -0.4 is 11.1 Å². The minimum atomic E-state index is 0.148. The monoisotopic (exact) mass is 222 g/mol. The highest BCUT2D eigenvalue weighted by Gasteiger charge is 2.15. The smallest absolute Gasteiger partial charge is 0.129 e. The summed E-state index contributed by atoms with van der Waals surface area (Å²) in [7, 11) is 0. The summed E-state index contributed by atoms with van der Waals surface area (Å²) < 4.78 is 0. The van der Waals surface area contributed by atoms with Crippen LogP contribution in [0.5, 0.6) is 0 Å². The Morgan fingerprint density at radius 1 is 1.44 bits per heavy atom. The van der Waals surface area contributed by atoms with Gasteiger partial charge in [0.2, 0.25) is 0 Å². The number of nitrogens with one attached hydrogen (secondary N) is 1. The second-order valence-electron chi connectivity index (χ2n) is 5.39. The second-order valence-corrected chi connectivity index (χ2v) is 5.39. The van der Waals surface area contributed by atoms with Crippen molar-refractivity contribution in [3.8, 4) is 0 Å². The van der Waals surface area contributed by atoms with Gasteiger partial charge in [-0.2, -0.15) is 0 Å². The maximum atomic E-state index is 6.04. The molecule has 16 heavy (non-hydrogen) atoms. The first-order valence-electron chi connectivity index (χ1n) is 5.66. The Balaban J connectivity index is 2.40. The number of anilines is 1. The Morgan fingerprint density at radius 3 is 2.69 bits per heavy atom. The molecule has 0 aliphatic heterocycles. The van der Waals surface area contributed by atoms with Gasteiger partial charge in [-0.25, -0.2) is 9.97 Å². The van der Waals surface area contributed by atoms with E-state index in [2.05, 4.69) is 36.1 Å². The molecule has 0 saturated carbocycles. The topological polar surface area (TPSA) is 63.8 Å². The number of hydrogen-bond acceptors (Lipinski definition) is 4. The molecule has 1 unspecified atom stereocenters. The van der Waals surface area contributed by atoms with Crippen LogP contribution >= 0.6 is 0 Å². The van der Waals surface area contributed by atoms with Gasteiger partial charge < -0.3 is 11.1 Å². The van der Waals surface area contributed by atoms with E-state index in [1.54, 1.807) is 6.20 Å². The van der Waals surface area contributed by atoms with Crippen molar-refractivity contribution in [3.63, 3.8) is 0 Å². The summed E-state index contributed by atoms with van der Waals surface area (Å²) in [5, 5.41) is 3.23. The van der Waals surface area contributed by atoms with Gasteiger partial charge in [0.1, 0.15) is 11.6 Å². The highest BCUT2D eigenvalue weighted by Crippen LogP contribution is 2.19. The molecule has 4 nitrogen and oxygen atoms in total. The van der Waals surface area contributed by atoms with Crippen molar-refractivity contribution in [1.29, 1.82) is 0 Å². The SMILES string of the molecule is Cc1nccc(NCC(N)CC(C)(C)C)n1.